The third kappa shape index (κ3) is 3.11. The lowest BCUT2D eigenvalue weighted by atomic mass is 10.0. The summed E-state index contributed by atoms with van der Waals surface area (Å²) in [6.07, 6.45) is 0.565. The van der Waals surface area contributed by atoms with Crippen molar-refractivity contribution in [1.82, 2.24) is 0 Å². The molecular weight excluding hydrogens is 240 g/mol. The molecular formula is C12H17ClN2O2. The Morgan fingerprint density at radius 1 is 1.59 bits per heavy atom. The first-order valence-electron chi connectivity index (χ1n) is 5.34. The number of nitrogens with one attached hydrogen (secondary N) is 1. The van der Waals surface area contributed by atoms with E-state index in [4.69, 9.17) is 22.1 Å². The smallest absolute Gasteiger partial charge is 0.256 e. The predicted molar refractivity (Wildman–Crippen MR) is 70.2 cm³/mol. The molecule has 0 saturated carbocycles. The highest BCUT2D eigenvalue weighted by Crippen LogP contribution is 2.26. The fraction of sp³-hybridized carbons (Fsp3) is 0.417. The lowest BCUT2D eigenvalue weighted by Crippen LogP contribution is -2.41. The van der Waals surface area contributed by atoms with Crippen molar-refractivity contribution in [3.05, 3.63) is 23.2 Å². The Kier molecular flexibility index (Phi) is 4.37. The number of nitrogen functional groups attached to an aromatic ring is 1. The van der Waals surface area contributed by atoms with E-state index in [-0.39, 0.29) is 5.91 Å². The highest BCUT2D eigenvalue weighted by atomic mass is 35.5. The quantitative estimate of drug-likeness (QED) is 0.814. The number of halogens is 1. The van der Waals surface area contributed by atoms with Gasteiger partial charge in [0.25, 0.3) is 5.91 Å². The summed E-state index contributed by atoms with van der Waals surface area (Å²) in [6.45, 7) is 3.60. The first-order valence-corrected chi connectivity index (χ1v) is 5.72. The average molecular weight is 257 g/mol. The third-order valence-electron chi connectivity index (χ3n) is 2.84. The zero-order valence-electron chi connectivity index (χ0n) is 10.2. The Bertz CT molecular complexity index is 417. The van der Waals surface area contributed by atoms with Crippen molar-refractivity contribution in [2.45, 2.75) is 25.9 Å². The molecule has 1 amide bonds. The molecule has 0 fully saturated rings. The summed E-state index contributed by atoms with van der Waals surface area (Å²) in [4.78, 5) is 12.0. The third-order valence-corrected chi connectivity index (χ3v) is 3.17. The van der Waals surface area contributed by atoms with E-state index in [1.165, 1.54) is 7.11 Å². The van der Waals surface area contributed by atoms with Crippen molar-refractivity contribution in [3.8, 4) is 0 Å². The van der Waals surface area contributed by atoms with Crippen molar-refractivity contribution in [1.29, 1.82) is 0 Å². The number of nitrogens with two attached hydrogens (primary N) is 1. The van der Waals surface area contributed by atoms with Crippen LogP contribution in [0.2, 0.25) is 5.02 Å². The van der Waals surface area contributed by atoms with Crippen LogP contribution in [0.5, 0.6) is 0 Å². The van der Waals surface area contributed by atoms with Crippen LogP contribution in [0.4, 0.5) is 11.4 Å². The van der Waals surface area contributed by atoms with Crippen molar-refractivity contribution >= 4 is 28.9 Å². The van der Waals surface area contributed by atoms with Gasteiger partial charge < -0.3 is 15.8 Å². The van der Waals surface area contributed by atoms with E-state index in [0.717, 1.165) is 0 Å². The van der Waals surface area contributed by atoms with Crippen LogP contribution >= 0.6 is 11.6 Å². The number of ether oxygens (including phenoxy) is 1. The van der Waals surface area contributed by atoms with E-state index >= 15 is 0 Å². The second-order valence-corrected chi connectivity index (χ2v) is 4.39. The highest BCUT2D eigenvalue weighted by Gasteiger charge is 2.31. The molecule has 1 aromatic carbocycles. The van der Waals surface area contributed by atoms with Crippen LogP contribution in [0.25, 0.3) is 0 Å². The van der Waals surface area contributed by atoms with Crippen LogP contribution in [-0.4, -0.2) is 18.6 Å². The van der Waals surface area contributed by atoms with Gasteiger partial charge in [-0.05, 0) is 31.5 Å². The SMILES string of the molecule is CCC(C)(OC)C(=O)Nc1cc(N)ccc1Cl. The fourth-order valence-electron chi connectivity index (χ4n) is 1.29. The maximum atomic E-state index is 12.0. The van der Waals surface area contributed by atoms with E-state index in [1.807, 2.05) is 6.92 Å². The maximum absolute atomic E-state index is 12.0. The Labute approximate surface area is 106 Å². The molecule has 3 N–H and O–H groups in total. The molecule has 0 aliphatic heterocycles. The normalized spacial score (nSPS) is 14.1. The first kappa shape index (κ1) is 13.8. The van der Waals surface area contributed by atoms with Gasteiger partial charge in [0.15, 0.2) is 0 Å². The molecule has 0 bridgehead atoms. The molecule has 0 radical (unpaired) electrons. The van der Waals surface area contributed by atoms with Gasteiger partial charge in [0.2, 0.25) is 0 Å². The van der Waals surface area contributed by atoms with Gasteiger partial charge in [-0.25, -0.2) is 0 Å². The largest absolute Gasteiger partial charge is 0.399 e. The van der Waals surface area contributed by atoms with Gasteiger partial charge in [0.1, 0.15) is 5.60 Å². The van der Waals surface area contributed by atoms with E-state index in [0.29, 0.717) is 22.8 Å². The number of amides is 1. The Morgan fingerprint density at radius 2 is 2.24 bits per heavy atom. The number of hydrogen-bond donors (Lipinski definition) is 2. The standard InChI is InChI=1S/C12H17ClN2O2/c1-4-12(2,17-3)11(16)15-10-7-8(14)5-6-9(10)13/h5-7H,4,14H2,1-3H3,(H,15,16). The summed E-state index contributed by atoms with van der Waals surface area (Å²) in [6, 6.07) is 4.93. The second-order valence-electron chi connectivity index (χ2n) is 3.98. The van der Waals surface area contributed by atoms with Crippen LogP contribution in [0.15, 0.2) is 18.2 Å². The number of benzene rings is 1. The number of methoxy groups -OCH3 is 1. The summed E-state index contributed by atoms with van der Waals surface area (Å²) >= 11 is 5.97. The minimum atomic E-state index is -0.867. The Hall–Kier alpha value is -1.26. The number of hydrogen-bond acceptors (Lipinski definition) is 3. The summed E-state index contributed by atoms with van der Waals surface area (Å²) in [7, 11) is 1.50. The molecule has 1 aromatic rings. The molecule has 0 aliphatic rings. The number of carbonyl (C=O) groups is 1. The molecule has 1 rings (SSSR count). The fourth-order valence-corrected chi connectivity index (χ4v) is 1.46. The predicted octanol–water partition coefficient (Wildman–Crippen LogP) is 2.68. The molecule has 0 aromatic heterocycles. The van der Waals surface area contributed by atoms with Gasteiger partial charge in [-0.15, -0.1) is 0 Å². The second kappa shape index (κ2) is 5.38. The molecule has 1 atom stereocenters. The maximum Gasteiger partial charge on any atom is 0.256 e. The monoisotopic (exact) mass is 256 g/mol. The molecule has 0 aliphatic carbocycles. The van der Waals surface area contributed by atoms with Gasteiger partial charge >= 0.3 is 0 Å². The van der Waals surface area contributed by atoms with Crippen LogP contribution < -0.4 is 11.1 Å². The Balaban J connectivity index is 2.91. The minimum Gasteiger partial charge on any atom is -0.399 e. The van der Waals surface area contributed by atoms with Crippen LogP contribution in [0.3, 0.4) is 0 Å². The van der Waals surface area contributed by atoms with Gasteiger partial charge in [-0.3, -0.25) is 4.79 Å². The lowest BCUT2D eigenvalue weighted by Gasteiger charge is -2.25. The number of anilines is 2. The molecule has 4 nitrogen and oxygen atoms in total. The van der Waals surface area contributed by atoms with Crippen molar-refractivity contribution in [2.75, 3.05) is 18.2 Å². The van der Waals surface area contributed by atoms with Crippen molar-refractivity contribution in [2.24, 2.45) is 0 Å². The zero-order chi connectivity index (χ0) is 13.1. The first-order chi connectivity index (χ1) is 7.92. The molecule has 17 heavy (non-hydrogen) atoms. The number of rotatable bonds is 4. The summed E-state index contributed by atoms with van der Waals surface area (Å²) in [5.74, 6) is -0.241. The van der Waals surface area contributed by atoms with Gasteiger partial charge in [-0.1, -0.05) is 18.5 Å². The molecule has 94 valence electrons. The zero-order valence-corrected chi connectivity index (χ0v) is 11.0. The van der Waals surface area contributed by atoms with Crippen LogP contribution in [0.1, 0.15) is 20.3 Å². The summed E-state index contributed by atoms with van der Waals surface area (Å²) in [5.41, 5.74) is 5.80. The van der Waals surface area contributed by atoms with Crippen molar-refractivity contribution in [3.63, 3.8) is 0 Å². The van der Waals surface area contributed by atoms with Gasteiger partial charge in [0.05, 0.1) is 10.7 Å². The summed E-state index contributed by atoms with van der Waals surface area (Å²) in [5, 5.41) is 3.16. The van der Waals surface area contributed by atoms with Gasteiger partial charge in [0, 0.05) is 12.8 Å². The molecule has 0 heterocycles. The van der Waals surface area contributed by atoms with Gasteiger partial charge in [-0.2, -0.15) is 0 Å². The average Bonchev–Trinajstić information content (AvgIpc) is 2.32. The highest BCUT2D eigenvalue weighted by molar-refractivity contribution is 6.33. The Morgan fingerprint density at radius 3 is 2.76 bits per heavy atom. The van der Waals surface area contributed by atoms with Crippen LogP contribution in [0, 0.1) is 0 Å². The van der Waals surface area contributed by atoms with E-state index < -0.39 is 5.60 Å². The van der Waals surface area contributed by atoms with E-state index in [1.54, 1.807) is 25.1 Å². The van der Waals surface area contributed by atoms with Crippen LogP contribution in [-0.2, 0) is 9.53 Å². The van der Waals surface area contributed by atoms with E-state index in [9.17, 15) is 4.79 Å². The molecule has 5 heteroatoms. The van der Waals surface area contributed by atoms with Crippen molar-refractivity contribution < 1.29 is 9.53 Å². The molecule has 1 unspecified atom stereocenters. The molecule has 0 saturated heterocycles. The number of carbonyl (C=O) groups excluding carboxylic acids is 1. The topological polar surface area (TPSA) is 64.3 Å². The summed E-state index contributed by atoms with van der Waals surface area (Å²) < 4.78 is 5.20. The minimum absolute atomic E-state index is 0.241. The molecule has 0 spiro atoms. The van der Waals surface area contributed by atoms with E-state index in [2.05, 4.69) is 5.32 Å². The lowest BCUT2D eigenvalue weighted by molar-refractivity contribution is -0.136.